The number of nitrogens with zero attached hydrogens (tertiary/aromatic N) is 2. The minimum atomic E-state index is -2.87. The van der Waals surface area contributed by atoms with Crippen LogP contribution in [0.15, 0.2) is 6.20 Å². The summed E-state index contributed by atoms with van der Waals surface area (Å²) >= 11 is 0. The molecule has 0 radical (unpaired) electrons. The van der Waals surface area contributed by atoms with E-state index in [4.69, 9.17) is 5.73 Å². The van der Waals surface area contributed by atoms with Crippen LogP contribution in [-0.2, 0) is 6.54 Å². The summed E-state index contributed by atoms with van der Waals surface area (Å²) in [6.07, 6.45) is -1.76. The van der Waals surface area contributed by atoms with E-state index < -0.39 is 23.6 Å². The zero-order valence-electron chi connectivity index (χ0n) is 8.94. The first kappa shape index (κ1) is 12.6. The van der Waals surface area contributed by atoms with Crippen molar-refractivity contribution in [1.29, 1.82) is 0 Å². The summed E-state index contributed by atoms with van der Waals surface area (Å²) in [5.41, 5.74) is 2.85. The van der Waals surface area contributed by atoms with Gasteiger partial charge in [-0.2, -0.15) is 5.10 Å². The summed E-state index contributed by atoms with van der Waals surface area (Å²) in [5, 5.41) is 13.0. The SMILES string of the molecule is CC(C)(O)Cn1cc(C(N)=O)c(C(F)F)n1. The van der Waals surface area contributed by atoms with Crippen LogP contribution in [0.5, 0.6) is 0 Å². The van der Waals surface area contributed by atoms with E-state index in [1.807, 2.05) is 0 Å². The van der Waals surface area contributed by atoms with Gasteiger partial charge in [-0.05, 0) is 13.8 Å². The molecule has 1 heterocycles. The number of primary amides is 1. The van der Waals surface area contributed by atoms with E-state index in [9.17, 15) is 18.7 Å². The van der Waals surface area contributed by atoms with Crippen molar-refractivity contribution in [3.63, 3.8) is 0 Å². The molecule has 0 saturated heterocycles. The molecule has 7 heteroatoms. The Labute approximate surface area is 90.9 Å². The van der Waals surface area contributed by atoms with Crippen LogP contribution in [0.4, 0.5) is 8.78 Å². The summed E-state index contributed by atoms with van der Waals surface area (Å²) in [4.78, 5) is 10.9. The minimum Gasteiger partial charge on any atom is -0.389 e. The molecule has 0 unspecified atom stereocenters. The molecule has 0 spiro atoms. The van der Waals surface area contributed by atoms with Crippen LogP contribution >= 0.6 is 0 Å². The van der Waals surface area contributed by atoms with E-state index in [0.717, 1.165) is 10.9 Å². The molecule has 0 fully saturated rings. The van der Waals surface area contributed by atoms with Gasteiger partial charge in [-0.15, -0.1) is 0 Å². The first-order valence-corrected chi connectivity index (χ1v) is 4.58. The van der Waals surface area contributed by atoms with Gasteiger partial charge >= 0.3 is 0 Å². The maximum Gasteiger partial charge on any atom is 0.282 e. The Kier molecular flexibility index (Phi) is 3.27. The normalized spacial score (nSPS) is 12.1. The summed E-state index contributed by atoms with van der Waals surface area (Å²) in [5.74, 6) is -0.961. The fraction of sp³-hybridized carbons (Fsp3) is 0.556. The van der Waals surface area contributed by atoms with E-state index in [2.05, 4.69) is 5.10 Å². The Balaban J connectivity index is 3.07. The van der Waals surface area contributed by atoms with Gasteiger partial charge in [0.05, 0.1) is 17.7 Å². The molecule has 16 heavy (non-hydrogen) atoms. The number of alkyl halides is 2. The standard InChI is InChI=1S/C9H13F2N3O2/c1-9(2,16)4-14-3-5(8(12)15)6(13-14)7(10)11/h3,7,16H,4H2,1-2H3,(H2,12,15). The first-order chi connectivity index (χ1) is 7.20. The number of nitrogens with two attached hydrogens (primary N) is 1. The van der Waals surface area contributed by atoms with E-state index in [0.29, 0.717) is 0 Å². The van der Waals surface area contributed by atoms with Crippen LogP contribution in [0.3, 0.4) is 0 Å². The van der Waals surface area contributed by atoms with Crippen molar-refractivity contribution in [2.24, 2.45) is 5.73 Å². The molecule has 1 aromatic heterocycles. The van der Waals surface area contributed by atoms with Gasteiger partial charge in [0.1, 0.15) is 5.69 Å². The van der Waals surface area contributed by atoms with Crippen LogP contribution < -0.4 is 5.73 Å². The maximum atomic E-state index is 12.5. The molecule has 1 rings (SSSR count). The topological polar surface area (TPSA) is 81.1 Å². The number of amides is 1. The number of rotatable bonds is 4. The fourth-order valence-corrected chi connectivity index (χ4v) is 1.26. The van der Waals surface area contributed by atoms with E-state index >= 15 is 0 Å². The monoisotopic (exact) mass is 233 g/mol. The van der Waals surface area contributed by atoms with Crippen LogP contribution in [-0.4, -0.2) is 26.4 Å². The molecule has 0 aromatic carbocycles. The molecule has 0 aliphatic heterocycles. The molecular formula is C9H13F2N3O2. The highest BCUT2D eigenvalue weighted by Gasteiger charge is 2.23. The van der Waals surface area contributed by atoms with Crippen molar-refractivity contribution < 1.29 is 18.7 Å². The molecule has 0 bridgehead atoms. The van der Waals surface area contributed by atoms with Gasteiger partial charge in [0.2, 0.25) is 0 Å². The first-order valence-electron chi connectivity index (χ1n) is 4.58. The lowest BCUT2D eigenvalue weighted by molar-refractivity contribution is 0.0567. The van der Waals surface area contributed by atoms with Crippen molar-refractivity contribution in [2.45, 2.75) is 32.4 Å². The van der Waals surface area contributed by atoms with E-state index in [-0.39, 0.29) is 12.1 Å². The van der Waals surface area contributed by atoms with E-state index in [1.54, 1.807) is 0 Å². The molecule has 90 valence electrons. The van der Waals surface area contributed by atoms with Gasteiger partial charge in [-0.3, -0.25) is 9.48 Å². The number of hydrogen-bond donors (Lipinski definition) is 2. The van der Waals surface area contributed by atoms with Crippen molar-refractivity contribution in [1.82, 2.24) is 9.78 Å². The Morgan fingerprint density at radius 3 is 2.56 bits per heavy atom. The summed E-state index contributed by atoms with van der Waals surface area (Å²) in [6.45, 7) is 3.00. The molecule has 0 aliphatic carbocycles. The second-order valence-corrected chi connectivity index (χ2v) is 4.10. The third kappa shape index (κ3) is 2.99. The van der Waals surface area contributed by atoms with Gasteiger partial charge < -0.3 is 10.8 Å². The second kappa shape index (κ2) is 4.17. The van der Waals surface area contributed by atoms with Gasteiger partial charge in [0.25, 0.3) is 12.3 Å². The smallest absolute Gasteiger partial charge is 0.282 e. The number of aromatic nitrogens is 2. The number of hydrogen-bond acceptors (Lipinski definition) is 3. The average Bonchev–Trinajstić information content (AvgIpc) is 2.44. The second-order valence-electron chi connectivity index (χ2n) is 4.10. The van der Waals surface area contributed by atoms with Crippen LogP contribution in [0, 0.1) is 0 Å². The molecule has 1 amide bonds. The quantitative estimate of drug-likeness (QED) is 0.802. The van der Waals surface area contributed by atoms with E-state index in [1.165, 1.54) is 13.8 Å². The Morgan fingerprint density at radius 1 is 1.69 bits per heavy atom. The van der Waals surface area contributed by atoms with Crippen LogP contribution in [0.25, 0.3) is 0 Å². The lowest BCUT2D eigenvalue weighted by atomic mass is 10.1. The van der Waals surface area contributed by atoms with Crippen LogP contribution in [0.1, 0.15) is 36.3 Å². The van der Waals surface area contributed by atoms with Crippen molar-refractivity contribution in [2.75, 3.05) is 0 Å². The zero-order chi connectivity index (χ0) is 12.5. The average molecular weight is 233 g/mol. The molecule has 5 nitrogen and oxygen atoms in total. The highest BCUT2D eigenvalue weighted by atomic mass is 19.3. The van der Waals surface area contributed by atoms with Gasteiger partial charge in [0.15, 0.2) is 0 Å². The van der Waals surface area contributed by atoms with Crippen molar-refractivity contribution >= 4 is 5.91 Å². The highest BCUT2D eigenvalue weighted by molar-refractivity contribution is 5.93. The Morgan fingerprint density at radius 2 is 2.25 bits per heavy atom. The molecular weight excluding hydrogens is 220 g/mol. The maximum absolute atomic E-state index is 12.5. The number of aliphatic hydroxyl groups is 1. The zero-order valence-corrected chi connectivity index (χ0v) is 8.94. The molecule has 0 atom stereocenters. The summed E-state index contributed by atoms with van der Waals surface area (Å²) in [7, 11) is 0. The number of halogens is 2. The predicted molar refractivity (Wildman–Crippen MR) is 52.0 cm³/mol. The Bertz CT molecular complexity index is 396. The fourth-order valence-electron chi connectivity index (χ4n) is 1.26. The number of carbonyl (C=O) groups is 1. The van der Waals surface area contributed by atoms with Crippen molar-refractivity contribution in [3.8, 4) is 0 Å². The summed E-state index contributed by atoms with van der Waals surface area (Å²) < 4.78 is 26.1. The van der Waals surface area contributed by atoms with Crippen LogP contribution in [0.2, 0.25) is 0 Å². The Hall–Kier alpha value is -1.50. The molecule has 1 aromatic rings. The molecule has 0 saturated carbocycles. The number of carbonyl (C=O) groups excluding carboxylic acids is 1. The lowest BCUT2D eigenvalue weighted by Crippen LogP contribution is -2.26. The third-order valence-electron chi connectivity index (χ3n) is 1.81. The largest absolute Gasteiger partial charge is 0.389 e. The van der Waals surface area contributed by atoms with Gasteiger partial charge in [-0.1, -0.05) is 0 Å². The van der Waals surface area contributed by atoms with Gasteiger partial charge in [0, 0.05) is 6.20 Å². The van der Waals surface area contributed by atoms with Crippen molar-refractivity contribution in [3.05, 3.63) is 17.5 Å². The summed E-state index contributed by atoms with van der Waals surface area (Å²) in [6, 6.07) is 0. The molecule has 3 N–H and O–H groups in total. The third-order valence-corrected chi connectivity index (χ3v) is 1.81. The predicted octanol–water partition coefficient (Wildman–Crippen LogP) is 0.691. The lowest BCUT2D eigenvalue weighted by Gasteiger charge is -2.16. The van der Waals surface area contributed by atoms with Gasteiger partial charge in [-0.25, -0.2) is 8.78 Å². The minimum absolute atomic E-state index is 0. The highest BCUT2D eigenvalue weighted by Crippen LogP contribution is 2.21. The molecule has 0 aliphatic rings.